The van der Waals surface area contributed by atoms with E-state index in [0.717, 1.165) is 0 Å². The molecule has 0 saturated heterocycles. The number of rotatable bonds is 3. The fraction of sp³-hybridized carbons (Fsp3) is 0.435. The van der Waals surface area contributed by atoms with Gasteiger partial charge in [-0.1, -0.05) is 12.1 Å². The summed E-state index contributed by atoms with van der Waals surface area (Å²) in [7, 11) is 0. The Balaban J connectivity index is 1.28. The molecule has 2 heterocycles. The molecule has 3 unspecified atom stereocenters. The van der Waals surface area contributed by atoms with Gasteiger partial charge in [-0.15, -0.1) is 0 Å². The average Bonchev–Trinajstić information content (AvgIpc) is 3.11. The van der Waals surface area contributed by atoms with Crippen molar-refractivity contribution in [2.45, 2.75) is 49.9 Å². The molecule has 4 bridgehead atoms. The van der Waals surface area contributed by atoms with Crippen LogP contribution in [0.5, 0.6) is 0 Å². The summed E-state index contributed by atoms with van der Waals surface area (Å²) in [5, 5.41) is 18.1. The van der Waals surface area contributed by atoms with Crippen LogP contribution in [-0.2, 0) is 13.1 Å². The summed E-state index contributed by atoms with van der Waals surface area (Å²) in [6.07, 6.45) is 1.49. The van der Waals surface area contributed by atoms with Crippen LogP contribution in [0, 0.1) is 11.7 Å². The molecule has 0 spiro atoms. The third-order valence-electron chi connectivity index (χ3n) is 7.51. The first-order chi connectivity index (χ1) is 15.7. The van der Waals surface area contributed by atoms with Crippen LogP contribution in [0.1, 0.15) is 41.7 Å². The van der Waals surface area contributed by atoms with Crippen LogP contribution in [0.15, 0.2) is 35.7 Å². The van der Waals surface area contributed by atoms with Crippen molar-refractivity contribution in [2.75, 3.05) is 6.54 Å². The molecule has 2 aromatic rings. The van der Waals surface area contributed by atoms with E-state index in [1.54, 1.807) is 10.7 Å². The van der Waals surface area contributed by atoms with E-state index in [2.05, 4.69) is 10.4 Å². The van der Waals surface area contributed by atoms with Crippen LogP contribution in [0.25, 0.3) is 11.3 Å². The lowest BCUT2D eigenvalue weighted by Gasteiger charge is -2.63. The van der Waals surface area contributed by atoms with Crippen LogP contribution in [0.4, 0.5) is 13.6 Å². The Morgan fingerprint density at radius 1 is 1.24 bits per heavy atom. The van der Waals surface area contributed by atoms with E-state index in [1.807, 2.05) is 0 Å². The summed E-state index contributed by atoms with van der Waals surface area (Å²) < 4.78 is 29.9. The van der Waals surface area contributed by atoms with Crippen molar-refractivity contribution in [3.05, 3.63) is 52.7 Å². The van der Waals surface area contributed by atoms with Gasteiger partial charge in [0, 0.05) is 24.9 Å². The first kappa shape index (κ1) is 20.3. The van der Waals surface area contributed by atoms with Crippen LogP contribution in [0.3, 0.4) is 0 Å². The van der Waals surface area contributed by atoms with Crippen LogP contribution in [-0.4, -0.2) is 49.4 Å². The lowest BCUT2D eigenvalue weighted by molar-refractivity contribution is -0.0940. The molecule has 172 valence electrons. The normalized spacial score (nSPS) is 29.5. The number of carbonyl (C=O) groups excluding carboxylic acids is 2. The van der Waals surface area contributed by atoms with Gasteiger partial charge in [-0.2, -0.15) is 5.10 Å². The second-order valence-electron chi connectivity index (χ2n) is 9.70. The van der Waals surface area contributed by atoms with E-state index in [9.17, 15) is 23.5 Å². The third-order valence-corrected chi connectivity index (χ3v) is 7.51. The minimum atomic E-state index is -1.11. The van der Waals surface area contributed by atoms with Crippen LogP contribution in [0.2, 0.25) is 0 Å². The number of fused-ring (bicyclic) bond motifs is 2. The Hall–Kier alpha value is -3.27. The molecule has 3 saturated carbocycles. The molecule has 8 nitrogen and oxygen atoms in total. The van der Waals surface area contributed by atoms with Gasteiger partial charge in [0.1, 0.15) is 17.3 Å². The molecule has 1 aliphatic heterocycles. The zero-order valence-electron chi connectivity index (χ0n) is 17.8. The van der Waals surface area contributed by atoms with E-state index < -0.39 is 22.9 Å². The fourth-order valence-electron chi connectivity index (χ4n) is 6.36. The molecule has 8 rings (SSSR count). The minimum absolute atomic E-state index is 0.0177. The van der Waals surface area contributed by atoms with Crippen molar-refractivity contribution in [2.24, 2.45) is 11.7 Å². The number of halogens is 2. The Morgan fingerprint density at radius 3 is 2.76 bits per heavy atom. The number of nitrogens with two attached hydrogens (primary N) is 1. The van der Waals surface area contributed by atoms with Gasteiger partial charge in [0.2, 0.25) is 0 Å². The Kier molecular flexibility index (Phi) is 4.09. The number of benzene rings is 1. The van der Waals surface area contributed by atoms with Crippen molar-refractivity contribution < 1.29 is 23.5 Å². The predicted molar refractivity (Wildman–Crippen MR) is 113 cm³/mol. The van der Waals surface area contributed by atoms with Gasteiger partial charge in [-0.3, -0.25) is 9.48 Å². The zero-order chi connectivity index (χ0) is 23.1. The number of nitrogens with zero attached hydrogens (tertiary/aromatic N) is 3. The van der Waals surface area contributed by atoms with Gasteiger partial charge in [0.05, 0.1) is 35.5 Å². The predicted octanol–water partition coefficient (Wildman–Crippen LogP) is 2.22. The molecule has 3 fully saturated rings. The van der Waals surface area contributed by atoms with Gasteiger partial charge < -0.3 is 21.1 Å². The summed E-state index contributed by atoms with van der Waals surface area (Å²) in [4.78, 5) is 27.0. The number of amides is 3. The molecule has 4 N–H and O–H groups in total. The summed E-state index contributed by atoms with van der Waals surface area (Å²) in [5.74, 6) is -1.50. The van der Waals surface area contributed by atoms with Crippen molar-refractivity contribution in [1.29, 1.82) is 0 Å². The van der Waals surface area contributed by atoms with Gasteiger partial charge in [0.15, 0.2) is 0 Å². The van der Waals surface area contributed by atoms with Crippen molar-refractivity contribution in [1.82, 2.24) is 20.0 Å². The number of aromatic nitrogens is 2. The maximum absolute atomic E-state index is 14.5. The highest BCUT2D eigenvalue weighted by Crippen LogP contribution is 2.63. The van der Waals surface area contributed by atoms with E-state index in [1.165, 1.54) is 23.1 Å². The lowest BCUT2D eigenvalue weighted by Crippen LogP contribution is -2.71. The molecule has 5 aliphatic carbocycles. The average molecular weight is 455 g/mol. The molecule has 0 radical (unpaired) electrons. The number of aliphatic hydroxyl groups is 1. The maximum Gasteiger partial charge on any atom is 0.318 e. The Morgan fingerprint density at radius 2 is 2.06 bits per heavy atom. The highest BCUT2D eigenvalue weighted by Gasteiger charge is 2.65. The monoisotopic (exact) mass is 455 g/mol. The van der Waals surface area contributed by atoms with Crippen molar-refractivity contribution in [3.63, 3.8) is 0 Å². The van der Waals surface area contributed by atoms with Crippen molar-refractivity contribution in [3.8, 4) is 11.3 Å². The van der Waals surface area contributed by atoms with E-state index in [-0.39, 0.29) is 42.0 Å². The lowest BCUT2D eigenvalue weighted by atomic mass is 9.47. The number of primary amides is 1. The van der Waals surface area contributed by atoms with Crippen LogP contribution < -0.4 is 11.1 Å². The number of hydrogen-bond acceptors (Lipinski definition) is 4. The van der Waals surface area contributed by atoms with Gasteiger partial charge >= 0.3 is 6.03 Å². The Labute approximate surface area is 188 Å². The maximum atomic E-state index is 14.5. The number of hydrogen-bond donors (Lipinski definition) is 3. The molecule has 1 aromatic heterocycles. The topological polar surface area (TPSA) is 113 Å². The number of carbonyl (C=O) groups is 2. The summed E-state index contributed by atoms with van der Waals surface area (Å²) in [6.45, 7) is 0.735. The quantitative estimate of drug-likeness (QED) is 0.659. The fourth-order valence-corrected chi connectivity index (χ4v) is 6.36. The third kappa shape index (κ3) is 2.93. The van der Waals surface area contributed by atoms with Gasteiger partial charge in [-0.05, 0) is 36.5 Å². The zero-order valence-corrected chi connectivity index (χ0v) is 17.8. The highest BCUT2D eigenvalue weighted by molar-refractivity contribution is 6.00. The SMILES string of the molecule is NC(=O)c1c(-c2cccc(F)c2)nn2c1CN(C(=O)NC13CC4CC(O)(CC(F)=C41)C3)CC2. The molecule has 33 heavy (non-hydrogen) atoms. The number of urea groups is 1. The van der Waals surface area contributed by atoms with E-state index >= 15 is 0 Å². The van der Waals surface area contributed by atoms with Gasteiger partial charge in [0.25, 0.3) is 5.91 Å². The molecule has 10 heteroatoms. The van der Waals surface area contributed by atoms with E-state index in [4.69, 9.17) is 5.73 Å². The standard InChI is InChI=1S/C23H23F2N5O3/c24-14-3-1-2-12(6-14)19-17(20(26)31)16-10-29(4-5-30(16)28-19)21(32)27-23-8-13-7-22(33,11-23)9-15(25)18(13)23/h1-3,6,13,33H,4-5,7-11H2,(H2,26,31)(H,27,32). The molecule has 1 aromatic carbocycles. The molecular formula is C23H23F2N5O3. The largest absolute Gasteiger partial charge is 0.389 e. The first-order valence-electron chi connectivity index (χ1n) is 11.0. The highest BCUT2D eigenvalue weighted by atomic mass is 19.1. The molecular weight excluding hydrogens is 432 g/mol. The van der Waals surface area contributed by atoms with E-state index in [0.29, 0.717) is 49.2 Å². The second-order valence-corrected chi connectivity index (χ2v) is 9.70. The minimum Gasteiger partial charge on any atom is -0.389 e. The van der Waals surface area contributed by atoms with Gasteiger partial charge in [-0.25, -0.2) is 13.6 Å². The second kappa shape index (κ2) is 6.63. The summed E-state index contributed by atoms with van der Waals surface area (Å²) in [6, 6.07) is 5.36. The van der Waals surface area contributed by atoms with Crippen molar-refractivity contribution >= 4 is 11.9 Å². The molecule has 6 aliphatic rings. The molecule has 3 atom stereocenters. The molecule has 3 amide bonds. The summed E-state index contributed by atoms with van der Waals surface area (Å²) in [5.41, 5.74) is 5.65. The first-order valence-corrected chi connectivity index (χ1v) is 11.0. The Bertz CT molecular complexity index is 1260. The number of nitrogens with one attached hydrogen (secondary N) is 1. The van der Waals surface area contributed by atoms with Crippen LogP contribution >= 0.6 is 0 Å². The summed E-state index contributed by atoms with van der Waals surface area (Å²) >= 11 is 0. The smallest absolute Gasteiger partial charge is 0.318 e.